The summed E-state index contributed by atoms with van der Waals surface area (Å²) in [4.78, 5) is 2.76. The highest BCUT2D eigenvalue weighted by atomic mass is 35.5. The number of nitrogens with zero attached hydrogens (tertiary/aromatic N) is 1. The van der Waals surface area contributed by atoms with Gasteiger partial charge in [-0.2, -0.15) is 5.26 Å². The van der Waals surface area contributed by atoms with E-state index in [9.17, 15) is 0 Å². The summed E-state index contributed by atoms with van der Waals surface area (Å²) in [6.45, 7) is 0. The normalized spacial score (nSPS) is 9.83. The third-order valence-electron chi connectivity index (χ3n) is 2.17. The van der Waals surface area contributed by atoms with Crippen molar-refractivity contribution in [1.82, 2.24) is 4.98 Å². The van der Waals surface area contributed by atoms with Crippen LogP contribution in [0.25, 0.3) is 0 Å². The first-order chi connectivity index (χ1) is 8.63. The predicted molar refractivity (Wildman–Crippen MR) is 72.9 cm³/mol. The molecule has 0 fully saturated rings. The van der Waals surface area contributed by atoms with Crippen LogP contribution in [0.2, 0.25) is 10.0 Å². The van der Waals surface area contributed by atoms with Crippen LogP contribution in [0.5, 0.6) is 11.5 Å². The number of nitrogens with one attached hydrogen (secondary N) is 1. The standard InChI is InChI=1S/C12H6Cl2N2OS/c13-8-2-1-3-10(11(8)14)17-9-4-5-16-12(18)7(9)6-15/h1-5H,(H,16,18). The number of benzene rings is 1. The Morgan fingerprint density at radius 1 is 1.22 bits per heavy atom. The van der Waals surface area contributed by atoms with Gasteiger partial charge in [-0.05, 0) is 18.2 Å². The average molecular weight is 297 g/mol. The van der Waals surface area contributed by atoms with Gasteiger partial charge in [0.15, 0.2) is 0 Å². The zero-order valence-electron chi connectivity index (χ0n) is 8.91. The van der Waals surface area contributed by atoms with E-state index in [2.05, 4.69) is 4.98 Å². The van der Waals surface area contributed by atoms with E-state index in [0.29, 0.717) is 26.2 Å². The second-order valence-corrected chi connectivity index (χ2v) is 4.51. The van der Waals surface area contributed by atoms with Gasteiger partial charge in [-0.25, -0.2) is 0 Å². The zero-order valence-corrected chi connectivity index (χ0v) is 11.2. The SMILES string of the molecule is N#Cc1c(Oc2cccc(Cl)c2Cl)cc[nH]c1=S. The van der Waals surface area contributed by atoms with Crippen molar-refractivity contribution in [3.8, 4) is 17.6 Å². The molecule has 0 aliphatic rings. The lowest BCUT2D eigenvalue weighted by Gasteiger charge is -2.09. The molecule has 6 heteroatoms. The summed E-state index contributed by atoms with van der Waals surface area (Å²) in [5.74, 6) is 0.715. The third-order valence-corrected chi connectivity index (χ3v) is 3.29. The molecule has 2 aromatic rings. The molecule has 0 unspecified atom stereocenters. The molecule has 1 aromatic carbocycles. The van der Waals surface area contributed by atoms with E-state index in [-0.39, 0.29) is 5.56 Å². The number of hydrogen-bond donors (Lipinski definition) is 1. The Bertz CT molecular complexity index is 691. The van der Waals surface area contributed by atoms with Crippen molar-refractivity contribution >= 4 is 35.4 Å². The molecule has 0 atom stereocenters. The van der Waals surface area contributed by atoms with Crippen LogP contribution in [-0.2, 0) is 0 Å². The molecule has 3 nitrogen and oxygen atoms in total. The minimum absolute atomic E-state index is 0.253. The average Bonchev–Trinajstić information content (AvgIpc) is 2.35. The Hall–Kier alpha value is -1.54. The lowest BCUT2D eigenvalue weighted by molar-refractivity contribution is 0.480. The number of rotatable bonds is 2. The molecule has 1 aromatic heterocycles. The Kier molecular flexibility index (Phi) is 3.87. The van der Waals surface area contributed by atoms with Gasteiger partial charge in [0.1, 0.15) is 32.8 Å². The molecule has 1 heterocycles. The molecule has 0 radical (unpaired) electrons. The van der Waals surface area contributed by atoms with Crippen LogP contribution < -0.4 is 4.74 Å². The summed E-state index contributed by atoms with van der Waals surface area (Å²) in [5, 5.41) is 9.70. The Morgan fingerprint density at radius 3 is 2.72 bits per heavy atom. The lowest BCUT2D eigenvalue weighted by Crippen LogP contribution is -1.91. The van der Waals surface area contributed by atoms with E-state index in [0.717, 1.165) is 0 Å². The van der Waals surface area contributed by atoms with E-state index in [1.54, 1.807) is 30.5 Å². The van der Waals surface area contributed by atoms with Crippen molar-refractivity contribution in [3.05, 3.63) is 50.7 Å². The molecular formula is C12H6Cl2N2OS. The highest BCUT2D eigenvalue weighted by Gasteiger charge is 2.10. The summed E-state index contributed by atoms with van der Waals surface area (Å²) in [7, 11) is 0. The molecule has 0 amide bonds. The van der Waals surface area contributed by atoms with Crippen LogP contribution >= 0.6 is 35.4 Å². The minimum atomic E-state index is 0.253. The first-order valence-electron chi connectivity index (χ1n) is 4.87. The van der Waals surface area contributed by atoms with Crippen LogP contribution in [0.15, 0.2) is 30.5 Å². The van der Waals surface area contributed by atoms with Gasteiger partial charge in [-0.15, -0.1) is 0 Å². The van der Waals surface area contributed by atoms with Crippen molar-refractivity contribution < 1.29 is 4.74 Å². The molecule has 0 aliphatic carbocycles. The monoisotopic (exact) mass is 296 g/mol. The van der Waals surface area contributed by atoms with Gasteiger partial charge in [0.25, 0.3) is 0 Å². The largest absolute Gasteiger partial charge is 0.454 e. The van der Waals surface area contributed by atoms with Crippen molar-refractivity contribution in [3.63, 3.8) is 0 Å². The number of ether oxygens (including phenoxy) is 1. The van der Waals surface area contributed by atoms with Gasteiger partial charge in [0, 0.05) is 6.20 Å². The summed E-state index contributed by atoms with van der Waals surface area (Å²) in [6.07, 6.45) is 1.59. The molecule has 0 aliphatic heterocycles. The van der Waals surface area contributed by atoms with Crippen molar-refractivity contribution in [1.29, 1.82) is 5.26 Å². The Balaban J connectivity index is 2.48. The Labute approximate surface area is 119 Å². The molecule has 18 heavy (non-hydrogen) atoms. The fraction of sp³-hybridized carbons (Fsp3) is 0. The molecule has 90 valence electrons. The van der Waals surface area contributed by atoms with Gasteiger partial charge < -0.3 is 9.72 Å². The number of aromatic amines is 1. The molecule has 2 rings (SSSR count). The highest BCUT2D eigenvalue weighted by molar-refractivity contribution is 7.71. The molecule has 0 spiro atoms. The summed E-state index contributed by atoms with van der Waals surface area (Å²) in [5.41, 5.74) is 0.253. The van der Waals surface area contributed by atoms with Gasteiger partial charge in [0.05, 0.1) is 5.02 Å². The maximum Gasteiger partial charge on any atom is 0.149 e. The van der Waals surface area contributed by atoms with Crippen molar-refractivity contribution in [2.24, 2.45) is 0 Å². The quantitative estimate of drug-likeness (QED) is 0.816. The molecule has 0 bridgehead atoms. The topological polar surface area (TPSA) is 48.8 Å². The molecule has 0 saturated carbocycles. The van der Waals surface area contributed by atoms with Crippen molar-refractivity contribution in [2.45, 2.75) is 0 Å². The fourth-order valence-corrected chi connectivity index (χ4v) is 1.88. The van der Waals surface area contributed by atoms with Gasteiger partial charge in [-0.1, -0.05) is 41.5 Å². The minimum Gasteiger partial charge on any atom is -0.454 e. The predicted octanol–water partition coefficient (Wildman–Crippen LogP) is 4.71. The van der Waals surface area contributed by atoms with Gasteiger partial charge in [0.2, 0.25) is 0 Å². The second-order valence-electron chi connectivity index (χ2n) is 3.31. The summed E-state index contributed by atoms with van der Waals surface area (Å²) >= 11 is 16.9. The molecular weight excluding hydrogens is 291 g/mol. The first-order valence-corrected chi connectivity index (χ1v) is 6.03. The van der Waals surface area contributed by atoms with E-state index in [1.165, 1.54) is 0 Å². The smallest absolute Gasteiger partial charge is 0.149 e. The number of aromatic nitrogens is 1. The zero-order chi connectivity index (χ0) is 13.1. The van der Waals surface area contributed by atoms with E-state index >= 15 is 0 Å². The number of halogens is 2. The maximum atomic E-state index is 9.03. The number of pyridine rings is 1. The van der Waals surface area contributed by atoms with Crippen LogP contribution in [0.1, 0.15) is 5.56 Å². The van der Waals surface area contributed by atoms with E-state index in [1.807, 2.05) is 6.07 Å². The fourth-order valence-electron chi connectivity index (χ4n) is 1.33. The van der Waals surface area contributed by atoms with Crippen LogP contribution in [0.3, 0.4) is 0 Å². The van der Waals surface area contributed by atoms with E-state index in [4.69, 9.17) is 45.4 Å². The van der Waals surface area contributed by atoms with Crippen molar-refractivity contribution in [2.75, 3.05) is 0 Å². The van der Waals surface area contributed by atoms with Crippen LogP contribution in [-0.4, -0.2) is 4.98 Å². The van der Waals surface area contributed by atoms with Gasteiger partial charge in [-0.3, -0.25) is 0 Å². The summed E-state index contributed by atoms with van der Waals surface area (Å²) in [6, 6.07) is 8.61. The lowest BCUT2D eigenvalue weighted by atomic mass is 10.3. The molecule has 1 N–H and O–H groups in total. The van der Waals surface area contributed by atoms with Gasteiger partial charge >= 0.3 is 0 Å². The Morgan fingerprint density at radius 2 is 2.00 bits per heavy atom. The maximum absolute atomic E-state index is 9.03. The van der Waals surface area contributed by atoms with Crippen LogP contribution in [0.4, 0.5) is 0 Å². The summed E-state index contributed by atoms with van der Waals surface area (Å²) < 4.78 is 5.88. The third kappa shape index (κ3) is 2.49. The number of hydrogen-bond acceptors (Lipinski definition) is 3. The molecule has 0 saturated heterocycles. The highest BCUT2D eigenvalue weighted by Crippen LogP contribution is 2.35. The number of H-pyrrole nitrogens is 1. The van der Waals surface area contributed by atoms with Crippen LogP contribution in [0, 0.1) is 16.0 Å². The van der Waals surface area contributed by atoms with E-state index < -0.39 is 0 Å². The first kappa shape index (κ1) is 12.9. The second kappa shape index (κ2) is 5.40. The number of nitriles is 1.